The molecule has 0 bridgehead atoms. The molecule has 3 aromatic rings. The monoisotopic (exact) mass is 456 g/mol. The number of hydrogen-bond acceptors (Lipinski definition) is 4. The number of para-hydroxylation sites is 1. The first-order valence-electron chi connectivity index (χ1n) is 8.74. The SMILES string of the molecule is Cc1ccc(S(=O)(=O)[C@@H]2C(=O)c3ccccc3O[C@H]2c2ccccc2Br)cc1. The maximum Gasteiger partial charge on any atom is 0.192 e. The van der Waals surface area contributed by atoms with Crippen molar-refractivity contribution in [2.24, 2.45) is 0 Å². The molecule has 0 unspecified atom stereocenters. The summed E-state index contributed by atoms with van der Waals surface area (Å²) in [6.07, 6.45) is -0.954. The van der Waals surface area contributed by atoms with Gasteiger partial charge in [0, 0.05) is 10.0 Å². The van der Waals surface area contributed by atoms with E-state index in [9.17, 15) is 13.2 Å². The predicted molar refractivity (Wildman–Crippen MR) is 110 cm³/mol. The summed E-state index contributed by atoms with van der Waals surface area (Å²) in [4.78, 5) is 13.4. The molecule has 142 valence electrons. The fraction of sp³-hybridized carbons (Fsp3) is 0.136. The number of aryl methyl sites for hydroxylation is 1. The standard InChI is InChI=1S/C22H17BrO4S/c1-14-10-12-15(13-11-14)28(25,26)22-20(24)17-7-3-5-9-19(17)27-21(22)16-6-2-4-8-18(16)23/h2-13,21-22H,1H3/t21-,22+/m0/s1. The molecule has 2 atom stereocenters. The quantitative estimate of drug-likeness (QED) is 0.561. The smallest absolute Gasteiger partial charge is 0.192 e. The topological polar surface area (TPSA) is 60.4 Å². The number of halogens is 1. The number of carbonyl (C=O) groups is 1. The van der Waals surface area contributed by atoms with Gasteiger partial charge in [-0.15, -0.1) is 0 Å². The molecule has 28 heavy (non-hydrogen) atoms. The molecule has 4 rings (SSSR count). The zero-order chi connectivity index (χ0) is 19.9. The van der Waals surface area contributed by atoms with E-state index in [1.165, 1.54) is 12.1 Å². The van der Waals surface area contributed by atoms with Gasteiger partial charge >= 0.3 is 0 Å². The Morgan fingerprint density at radius 3 is 2.25 bits per heavy atom. The molecule has 0 spiro atoms. The summed E-state index contributed by atoms with van der Waals surface area (Å²) in [5.74, 6) is -0.0632. The van der Waals surface area contributed by atoms with Crippen LogP contribution < -0.4 is 4.74 Å². The van der Waals surface area contributed by atoms with Crippen molar-refractivity contribution in [3.63, 3.8) is 0 Å². The summed E-state index contributed by atoms with van der Waals surface area (Å²) in [5, 5.41) is -1.37. The third-order valence-corrected chi connectivity index (χ3v) is 7.62. The zero-order valence-corrected chi connectivity index (χ0v) is 17.4. The highest BCUT2D eigenvalue weighted by atomic mass is 79.9. The van der Waals surface area contributed by atoms with Crippen molar-refractivity contribution in [2.75, 3.05) is 0 Å². The summed E-state index contributed by atoms with van der Waals surface area (Å²) in [5.41, 5.74) is 1.84. The van der Waals surface area contributed by atoms with Gasteiger partial charge in [-0.25, -0.2) is 8.42 Å². The zero-order valence-electron chi connectivity index (χ0n) is 15.0. The Hall–Kier alpha value is -2.44. The van der Waals surface area contributed by atoms with Crippen LogP contribution in [-0.2, 0) is 9.84 Å². The van der Waals surface area contributed by atoms with Crippen LogP contribution in [0.1, 0.15) is 27.6 Å². The van der Waals surface area contributed by atoms with Gasteiger partial charge in [-0.1, -0.05) is 64.0 Å². The van der Waals surface area contributed by atoms with Gasteiger partial charge in [0.25, 0.3) is 0 Å². The first kappa shape index (κ1) is 18.9. The molecular weight excluding hydrogens is 440 g/mol. The average Bonchev–Trinajstić information content (AvgIpc) is 2.68. The van der Waals surface area contributed by atoms with Crippen LogP contribution in [0.5, 0.6) is 5.75 Å². The number of Topliss-reactive ketones (excluding diaryl/α,β-unsaturated/α-hetero) is 1. The number of ether oxygens (including phenoxy) is 1. The second-order valence-corrected chi connectivity index (χ2v) is 9.62. The van der Waals surface area contributed by atoms with Crippen molar-refractivity contribution in [1.29, 1.82) is 0 Å². The average molecular weight is 457 g/mol. The van der Waals surface area contributed by atoms with E-state index in [-0.39, 0.29) is 10.5 Å². The highest BCUT2D eigenvalue weighted by Gasteiger charge is 2.47. The number of hydrogen-bond donors (Lipinski definition) is 0. The molecule has 1 aliphatic rings. The molecule has 4 nitrogen and oxygen atoms in total. The minimum atomic E-state index is -3.98. The van der Waals surface area contributed by atoms with Gasteiger partial charge in [0.2, 0.25) is 0 Å². The van der Waals surface area contributed by atoms with Crippen molar-refractivity contribution < 1.29 is 17.9 Å². The summed E-state index contributed by atoms with van der Waals surface area (Å²) in [6, 6.07) is 20.5. The first-order chi connectivity index (χ1) is 13.4. The molecule has 0 aliphatic carbocycles. The maximum absolute atomic E-state index is 13.5. The fourth-order valence-electron chi connectivity index (χ4n) is 3.37. The number of carbonyl (C=O) groups excluding carboxylic acids is 1. The number of rotatable bonds is 3. The normalized spacial score (nSPS) is 19.0. The minimum Gasteiger partial charge on any atom is -0.483 e. The Balaban J connectivity index is 1.92. The van der Waals surface area contributed by atoms with Crippen LogP contribution in [-0.4, -0.2) is 19.5 Å². The molecule has 6 heteroatoms. The number of ketones is 1. The van der Waals surface area contributed by atoms with E-state index >= 15 is 0 Å². The molecule has 1 heterocycles. The third-order valence-electron chi connectivity index (χ3n) is 4.84. The minimum absolute atomic E-state index is 0.108. The van der Waals surface area contributed by atoms with E-state index in [4.69, 9.17) is 4.74 Å². The predicted octanol–water partition coefficient (Wildman–Crippen LogP) is 4.92. The van der Waals surface area contributed by atoms with Crippen molar-refractivity contribution in [3.8, 4) is 5.75 Å². The van der Waals surface area contributed by atoms with E-state index < -0.39 is 27.0 Å². The molecule has 0 amide bonds. The summed E-state index contributed by atoms with van der Waals surface area (Å²) < 4.78 is 33.8. The lowest BCUT2D eigenvalue weighted by Crippen LogP contribution is -2.42. The lowest BCUT2D eigenvalue weighted by atomic mass is 9.96. The molecule has 0 radical (unpaired) electrons. The van der Waals surface area contributed by atoms with Crippen LogP contribution in [0.25, 0.3) is 0 Å². The second-order valence-electron chi connectivity index (χ2n) is 6.70. The number of fused-ring (bicyclic) bond motifs is 1. The van der Waals surface area contributed by atoms with Crippen molar-refractivity contribution in [1.82, 2.24) is 0 Å². The summed E-state index contributed by atoms with van der Waals surface area (Å²) in [6.45, 7) is 1.88. The van der Waals surface area contributed by atoms with Gasteiger partial charge in [0.05, 0.1) is 10.5 Å². The van der Waals surface area contributed by atoms with Crippen molar-refractivity contribution in [2.45, 2.75) is 23.2 Å². The maximum atomic E-state index is 13.5. The van der Waals surface area contributed by atoms with Crippen LogP contribution >= 0.6 is 15.9 Å². The van der Waals surface area contributed by atoms with E-state index in [1.807, 2.05) is 13.0 Å². The number of sulfone groups is 1. The van der Waals surface area contributed by atoms with Gasteiger partial charge in [-0.2, -0.15) is 0 Å². The molecule has 0 saturated carbocycles. The third kappa shape index (κ3) is 3.16. The van der Waals surface area contributed by atoms with Gasteiger partial charge in [0.15, 0.2) is 20.9 Å². The molecule has 3 aromatic carbocycles. The Bertz CT molecular complexity index is 1150. The molecule has 0 aromatic heterocycles. The van der Waals surface area contributed by atoms with E-state index in [0.717, 1.165) is 5.56 Å². The van der Waals surface area contributed by atoms with Gasteiger partial charge in [-0.05, 0) is 37.3 Å². The lowest BCUT2D eigenvalue weighted by Gasteiger charge is -2.33. The highest BCUT2D eigenvalue weighted by Crippen LogP contribution is 2.41. The van der Waals surface area contributed by atoms with E-state index in [1.54, 1.807) is 54.6 Å². The van der Waals surface area contributed by atoms with Crippen LogP contribution in [0.4, 0.5) is 0 Å². The second kappa shape index (κ2) is 7.18. The van der Waals surface area contributed by atoms with Crippen LogP contribution in [0.2, 0.25) is 0 Å². The van der Waals surface area contributed by atoms with E-state index in [0.29, 0.717) is 15.8 Å². The van der Waals surface area contributed by atoms with E-state index in [2.05, 4.69) is 15.9 Å². The van der Waals surface area contributed by atoms with Gasteiger partial charge < -0.3 is 4.74 Å². The van der Waals surface area contributed by atoms with Crippen LogP contribution in [0.3, 0.4) is 0 Å². The Kier molecular flexibility index (Phi) is 4.85. The first-order valence-corrected chi connectivity index (χ1v) is 11.1. The van der Waals surface area contributed by atoms with Crippen molar-refractivity contribution in [3.05, 3.63) is 94.0 Å². The molecular formula is C22H17BrO4S. The van der Waals surface area contributed by atoms with Gasteiger partial charge in [-0.3, -0.25) is 4.79 Å². The summed E-state index contributed by atoms with van der Waals surface area (Å²) >= 11 is 3.47. The summed E-state index contributed by atoms with van der Waals surface area (Å²) in [7, 11) is -3.98. The molecule has 0 N–H and O–H groups in total. The van der Waals surface area contributed by atoms with Gasteiger partial charge in [0.1, 0.15) is 11.9 Å². The Morgan fingerprint density at radius 2 is 1.54 bits per heavy atom. The van der Waals surface area contributed by atoms with Crippen LogP contribution in [0.15, 0.2) is 82.2 Å². The Morgan fingerprint density at radius 1 is 0.893 bits per heavy atom. The number of benzene rings is 3. The molecule has 0 fully saturated rings. The molecule has 1 aliphatic heterocycles. The molecule has 0 saturated heterocycles. The highest BCUT2D eigenvalue weighted by molar-refractivity contribution is 9.10. The van der Waals surface area contributed by atoms with Crippen molar-refractivity contribution >= 4 is 31.6 Å². The largest absolute Gasteiger partial charge is 0.483 e. The Labute approximate surface area is 172 Å². The van der Waals surface area contributed by atoms with Crippen LogP contribution in [0, 0.1) is 6.92 Å². The lowest BCUT2D eigenvalue weighted by molar-refractivity contribution is 0.0859. The fourth-order valence-corrected chi connectivity index (χ4v) is 5.63.